The molecule has 3 aliphatic rings. The Labute approximate surface area is 214 Å². The van der Waals surface area contributed by atoms with E-state index in [9.17, 15) is 0 Å². The van der Waals surface area contributed by atoms with Crippen molar-refractivity contribution in [3.05, 3.63) is 72.8 Å². The van der Waals surface area contributed by atoms with E-state index in [1.807, 2.05) is 0 Å². The van der Waals surface area contributed by atoms with Crippen LogP contribution in [-0.4, -0.2) is 6.29 Å². The van der Waals surface area contributed by atoms with Crippen LogP contribution in [0.4, 0.5) is 0 Å². The van der Waals surface area contributed by atoms with E-state index in [1.54, 1.807) is 0 Å². The fourth-order valence-corrected chi connectivity index (χ4v) is 7.33. The number of ether oxygens (including phenoxy) is 2. The molecule has 0 radical (unpaired) electrons. The number of hydrogen-bond acceptors (Lipinski definition) is 2. The van der Waals surface area contributed by atoms with Gasteiger partial charge in [-0.25, -0.2) is 0 Å². The fourth-order valence-electron chi connectivity index (χ4n) is 7.33. The maximum atomic E-state index is 6.81. The third-order valence-corrected chi connectivity index (χ3v) is 9.45. The first-order valence-corrected chi connectivity index (χ1v) is 14.1. The van der Waals surface area contributed by atoms with Gasteiger partial charge in [0.1, 0.15) is 11.5 Å². The van der Waals surface area contributed by atoms with E-state index in [0.29, 0.717) is 5.92 Å². The predicted molar refractivity (Wildman–Crippen MR) is 149 cm³/mol. The van der Waals surface area contributed by atoms with E-state index in [-0.39, 0.29) is 6.29 Å². The van der Waals surface area contributed by atoms with Gasteiger partial charge in [-0.05, 0) is 90.0 Å². The lowest BCUT2D eigenvalue weighted by molar-refractivity contribution is -0.0564. The molecule has 7 rings (SSSR count). The van der Waals surface area contributed by atoms with Gasteiger partial charge in [-0.15, -0.1) is 0 Å². The molecule has 1 heterocycles. The first kappa shape index (κ1) is 22.2. The van der Waals surface area contributed by atoms with Gasteiger partial charge in [0.15, 0.2) is 0 Å². The Morgan fingerprint density at radius 2 is 0.944 bits per heavy atom. The molecule has 36 heavy (non-hydrogen) atoms. The van der Waals surface area contributed by atoms with Gasteiger partial charge < -0.3 is 9.47 Å². The Morgan fingerprint density at radius 3 is 1.47 bits per heavy atom. The van der Waals surface area contributed by atoms with Crippen LogP contribution < -0.4 is 9.47 Å². The van der Waals surface area contributed by atoms with Crippen LogP contribution in [0.25, 0.3) is 32.7 Å². The minimum atomic E-state index is -0.236. The standard InChI is InChI=1S/C34H36O2/c1-22-10-12-23(13-11-22)24-14-16-27(17-15-24)34-35-30-20-18-25-6-2-4-8-28(25)32(30)33-29-9-5-3-7-26(29)19-21-31(33)36-34/h2-9,18-24,27,34H,10-17H2,1H3. The van der Waals surface area contributed by atoms with Gasteiger partial charge in [0.05, 0.1) is 0 Å². The molecule has 0 bridgehead atoms. The first-order chi connectivity index (χ1) is 17.7. The second-order valence-electron chi connectivity index (χ2n) is 11.6. The van der Waals surface area contributed by atoms with E-state index in [1.165, 1.54) is 84.0 Å². The topological polar surface area (TPSA) is 18.5 Å². The predicted octanol–water partition coefficient (Wildman–Crippen LogP) is 9.39. The van der Waals surface area contributed by atoms with Crippen molar-refractivity contribution in [2.45, 2.75) is 64.6 Å². The molecule has 0 aromatic heterocycles. The zero-order valence-electron chi connectivity index (χ0n) is 21.3. The molecule has 2 aliphatic carbocycles. The largest absolute Gasteiger partial charge is 0.454 e. The van der Waals surface area contributed by atoms with Crippen molar-refractivity contribution in [2.75, 3.05) is 0 Å². The number of rotatable bonds is 2. The second-order valence-corrected chi connectivity index (χ2v) is 11.6. The van der Waals surface area contributed by atoms with Crippen molar-refractivity contribution in [2.24, 2.45) is 23.7 Å². The van der Waals surface area contributed by atoms with Crippen LogP contribution >= 0.6 is 0 Å². The minimum absolute atomic E-state index is 0.236. The molecule has 4 aromatic carbocycles. The molecule has 184 valence electrons. The molecule has 4 aromatic rings. The summed E-state index contributed by atoms with van der Waals surface area (Å²) in [5.41, 5.74) is 2.35. The zero-order valence-corrected chi connectivity index (χ0v) is 21.3. The first-order valence-electron chi connectivity index (χ1n) is 14.1. The Balaban J connectivity index is 1.25. The molecular formula is C34H36O2. The lowest BCUT2D eigenvalue weighted by Crippen LogP contribution is -2.36. The highest BCUT2D eigenvalue weighted by atomic mass is 16.7. The van der Waals surface area contributed by atoms with Gasteiger partial charge >= 0.3 is 0 Å². The van der Waals surface area contributed by atoms with Gasteiger partial charge in [-0.2, -0.15) is 0 Å². The summed E-state index contributed by atoms with van der Waals surface area (Å²) in [5, 5.41) is 4.93. The van der Waals surface area contributed by atoms with E-state index in [2.05, 4.69) is 79.7 Å². The average molecular weight is 477 g/mol. The van der Waals surface area contributed by atoms with Gasteiger partial charge in [0, 0.05) is 17.0 Å². The maximum Gasteiger partial charge on any atom is 0.243 e. The van der Waals surface area contributed by atoms with Crippen LogP contribution in [0.1, 0.15) is 58.3 Å². The summed E-state index contributed by atoms with van der Waals surface area (Å²) in [4.78, 5) is 0. The zero-order chi connectivity index (χ0) is 24.1. The van der Waals surface area contributed by atoms with Crippen molar-refractivity contribution >= 4 is 21.5 Å². The Bertz CT molecular complexity index is 1300. The molecule has 2 nitrogen and oxygen atoms in total. The number of fused-ring (bicyclic) bond motifs is 7. The van der Waals surface area contributed by atoms with Crippen LogP contribution in [0.5, 0.6) is 11.5 Å². The van der Waals surface area contributed by atoms with Gasteiger partial charge in [-0.3, -0.25) is 0 Å². The molecule has 0 N–H and O–H groups in total. The van der Waals surface area contributed by atoms with Crippen LogP contribution in [0.3, 0.4) is 0 Å². The fraction of sp³-hybridized carbons (Fsp3) is 0.412. The van der Waals surface area contributed by atoms with E-state index in [0.717, 1.165) is 29.3 Å². The summed E-state index contributed by atoms with van der Waals surface area (Å²) in [6, 6.07) is 26.0. The third kappa shape index (κ3) is 3.86. The summed E-state index contributed by atoms with van der Waals surface area (Å²) >= 11 is 0. The Morgan fingerprint density at radius 1 is 0.500 bits per heavy atom. The molecule has 2 fully saturated rings. The Hall–Kier alpha value is -3.00. The summed E-state index contributed by atoms with van der Waals surface area (Å²) in [7, 11) is 0. The van der Waals surface area contributed by atoms with Gasteiger partial charge in [0.25, 0.3) is 0 Å². The average Bonchev–Trinajstić information content (AvgIpc) is 3.11. The molecule has 0 amide bonds. The number of hydrogen-bond donors (Lipinski definition) is 0. The third-order valence-electron chi connectivity index (χ3n) is 9.45. The molecule has 1 aliphatic heterocycles. The van der Waals surface area contributed by atoms with E-state index >= 15 is 0 Å². The lowest BCUT2D eigenvalue weighted by Gasteiger charge is -2.38. The van der Waals surface area contributed by atoms with Gasteiger partial charge in [0.2, 0.25) is 6.29 Å². The van der Waals surface area contributed by atoms with E-state index < -0.39 is 0 Å². The highest BCUT2D eigenvalue weighted by Gasteiger charge is 2.37. The van der Waals surface area contributed by atoms with Crippen molar-refractivity contribution < 1.29 is 9.47 Å². The minimum Gasteiger partial charge on any atom is -0.454 e. The normalized spacial score (nSPS) is 26.5. The second kappa shape index (κ2) is 9.14. The van der Waals surface area contributed by atoms with Crippen LogP contribution in [0, 0.1) is 23.7 Å². The van der Waals surface area contributed by atoms with Crippen molar-refractivity contribution in [3.63, 3.8) is 0 Å². The summed E-state index contributed by atoms with van der Waals surface area (Å²) in [6.07, 6.45) is 10.5. The highest BCUT2D eigenvalue weighted by Crippen LogP contribution is 2.50. The van der Waals surface area contributed by atoms with Crippen molar-refractivity contribution in [1.29, 1.82) is 0 Å². The molecule has 0 spiro atoms. The van der Waals surface area contributed by atoms with Crippen molar-refractivity contribution in [3.8, 4) is 22.6 Å². The molecule has 0 atom stereocenters. The summed E-state index contributed by atoms with van der Waals surface area (Å²) in [5.74, 6) is 5.11. The smallest absolute Gasteiger partial charge is 0.243 e. The molecule has 2 heteroatoms. The molecule has 0 saturated heterocycles. The molecule has 2 saturated carbocycles. The van der Waals surface area contributed by atoms with Crippen LogP contribution in [-0.2, 0) is 0 Å². The lowest BCUT2D eigenvalue weighted by atomic mass is 9.69. The van der Waals surface area contributed by atoms with Crippen LogP contribution in [0.2, 0.25) is 0 Å². The van der Waals surface area contributed by atoms with E-state index in [4.69, 9.17) is 9.47 Å². The highest BCUT2D eigenvalue weighted by molar-refractivity contribution is 6.09. The number of benzene rings is 4. The SMILES string of the molecule is CC1CCC(C2CCC(C3Oc4ccc5ccccc5c4-c4c(ccc5ccccc45)O3)CC2)CC1. The van der Waals surface area contributed by atoms with Crippen LogP contribution in [0.15, 0.2) is 72.8 Å². The quantitative estimate of drug-likeness (QED) is 0.287. The monoisotopic (exact) mass is 476 g/mol. The van der Waals surface area contributed by atoms with Crippen molar-refractivity contribution in [1.82, 2.24) is 0 Å². The molecule has 0 unspecified atom stereocenters. The molecular weight excluding hydrogens is 440 g/mol. The maximum absolute atomic E-state index is 6.81. The Kier molecular flexibility index (Phi) is 5.64. The summed E-state index contributed by atoms with van der Waals surface area (Å²) < 4.78 is 13.6. The summed E-state index contributed by atoms with van der Waals surface area (Å²) in [6.45, 7) is 2.43. The van der Waals surface area contributed by atoms with Gasteiger partial charge in [-0.1, -0.05) is 80.4 Å².